The van der Waals surface area contributed by atoms with Crippen molar-refractivity contribution in [3.05, 3.63) is 57.0 Å². The van der Waals surface area contributed by atoms with Crippen LogP contribution in [0.15, 0.2) is 40.9 Å². The molecule has 0 aromatic heterocycles. The number of nitrogen functional groups attached to an aromatic ring is 1. The number of carbonyl (C=O) groups is 1. The number of hydrogen-bond donors (Lipinski definition) is 2. The smallest absolute Gasteiger partial charge is 0.256 e. The molecule has 0 atom stereocenters. The fourth-order valence-electron chi connectivity index (χ4n) is 1.60. The molecular weight excluding hydrogens is 342 g/mol. The minimum atomic E-state index is -0.360. The number of benzene rings is 2. The third-order valence-electron chi connectivity index (χ3n) is 2.58. The van der Waals surface area contributed by atoms with Gasteiger partial charge >= 0.3 is 0 Å². The maximum atomic E-state index is 12.2. The molecule has 0 bridgehead atoms. The maximum Gasteiger partial charge on any atom is 0.256 e. The van der Waals surface area contributed by atoms with Crippen LogP contribution in [0.2, 0.25) is 5.02 Å². The molecule has 0 aliphatic rings. The maximum absolute atomic E-state index is 12.2. The molecule has 0 heterocycles. The minimum Gasteiger partial charge on any atom is -0.399 e. The van der Waals surface area contributed by atoms with Crippen LogP contribution in [-0.4, -0.2) is 5.91 Å². The Hall–Kier alpha value is -2.03. The van der Waals surface area contributed by atoms with Crippen molar-refractivity contribution in [3.63, 3.8) is 0 Å². The first-order chi connectivity index (χ1) is 9.51. The van der Waals surface area contributed by atoms with E-state index < -0.39 is 0 Å². The number of carbonyl (C=O) groups excluding carboxylic acids is 1. The molecule has 0 aliphatic heterocycles. The summed E-state index contributed by atoms with van der Waals surface area (Å²) in [6, 6.07) is 11.6. The lowest BCUT2D eigenvalue weighted by Gasteiger charge is -2.09. The highest BCUT2D eigenvalue weighted by molar-refractivity contribution is 9.10. The fraction of sp³-hybridized carbons (Fsp3) is 0. The normalized spacial score (nSPS) is 9.85. The van der Waals surface area contributed by atoms with E-state index in [-0.39, 0.29) is 5.91 Å². The zero-order valence-electron chi connectivity index (χ0n) is 10.2. The number of nitrogens with zero attached hydrogens (tertiary/aromatic N) is 1. The van der Waals surface area contributed by atoms with Gasteiger partial charge in [0.1, 0.15) is 0 Å². The monoisotopic (exact) mass is 349 g/mol. The molecule has 2 aromatic rings. The molecule has 6 heteroatoms. The van der Waals surface area contributed by atoms with Gasteiger partial charge < -0.3 is 11.1 Å². The van der Waals surface area contributed by atoms with Crippen LogP contribution in [0.25, 0.3) is 0 Å². The van der Waals surface area contributed by atoms with Gasteiger partial charge in [0.05, 0.1) is 27.9 Å². The van der Waals surface area contributed by atoms with Gasteiger partial charge in [-0.3, -0.25) is 4.79 Å². The Kier molecular flexibility index (Phi) is 4.28. The zero-order valence-corrected chi connectivity index (χ0v) is 12.5. The van der Waals surface area contributed by atoms with Crippen LogP contribution in [0.3, 0.4) is 0 Å². The number of amides is 1. The number of rotatable bonds is 2. The summed E-state index contributed by atoms with van der Waals surface area (Å²) >= 11 is 9.28. The lowest BCUT2D eigenvalue weighted by Crippen LogP contribution is -2.13. The molecule has 20 heavy (non-hydrogen) atoms. The van der Waals surface area contributed by atoms with Crippen molar-refractivity contribution >= 4 is 44.8 Å². The molecule has 3 N–H and O–H groups in total. The van der Waals surface area contributed by atoms with Gasteiger partial charge in [-0.05, 0) is 52.3 Å². The van der Waals surface area contributed by atoms with Crippen LogP contribution in [0.5, 0.6) is 0 Å². The highest BCUT2D eigenvalue weighted by Crippen LogP contribution is 2.25. The molecule has 4 nitrogen and oxygen atoms in total. The summed E-state index contributed by atoms with van der Waals surface area (Å²) in [6.45, 7) is 0. The van der Waals surface area contributed by atoms with Gasteiger partial charge in [0, 0.05) is 10.2 Å². The van der Waals surface area contributed by atoms with E-state index in [0.29, 0.717) is 32.0 Å². The van der Waals surface area contributed by atoms with Crippen LogP contribution in [-0.2, 0) is 0 Å². The number of hydrogen-bond acceptors (Lipinski definition) is 3. The van der Waals surface area contributed by atoms with Crippen molar-refractivity contribution in [2.45, 2.75) is 0 Å². The molecule has 0 radical (unpaired) electrons. The third-order valence-corrected chi connectivity index (χ3v) is 3.60. The van der Waals surface area contributed by atoms with Gasteiger partial charge in [0.25, 0.3) is 5.91 Å². The van der Waals surface area contributed by atoms with E-state index in [1.807, 2.05) is 6.07 Å². The summed E-state index contributed by atoms with van der Waals surface area (Å²) in [6.07, 6.45) is 0. The van der Waals surface area contributed by atoms with E-state index in [2.05, 4.69) is 21.2 Å². The third kappa shape index (κ3) is 3.10. The predicted octanol–water partition coefficient (Wildman–Crippen LogP) is 3.81. The topological polar surface area (TPSA) is 78.9 Å². The lowest BCUT2D eigenvalue weighted by atomic mass is 10.1. The van der Waals surface area contributed by atoms with E-state index in [1.165, 1.54) is 6.07 Å². The van der Waals surface area contributed by atoms with E-state index in [4.69, 9.17) is 22.6 Å². The van der Waals surface area contributed by atoms with E-state index in [9.17, 15) is 4.79 Å². The SMILES string of the molecule is N#Cc1ccc(Cl)c(NC(=O)c2cc(N)ccc2Br)c1. The second kappa shape index (κ2) is 5.95. The van der Waals surface area contributed by atoms with Crippen molar-refractivity contribution in [2.75, 3.05) is 11.1 Å². The van der Waals surface area contributed by atoms with E-state index >= 15 is 0 Å². The molecule has 2 rings (SSSR count). The summed E-state index contributed by atoms with van der Waals surface area (Å²) in [5.74, 6) is -0.360. The molecule has 0 saturated heterocycles. The van der Waals surface area contributed by atoms with Crippen LogP contribution < -0.4 is 11.1 Å². The number of nitrogens with two attached hydrogens (primary N) is 1. The Morgan fingerprint density at radius 2 is 2.05 bits per heavy atom. The van der Waals surface area contributed by atoms with Crippen molar-refractivity contribution in [1.29, 1.82) is 5.26 Å². The Labute approximate surface area is 129 Å². The number of halogens is 2. The summed E-state index contributed by atoms with van der Waals surface area (Å²) in [7, 11) is 0. The first-order valence-corrected chi connectivity index (χ1v) is 6.74. The van der Waals surface area contributed by atoms with Crippen molar-refractivity contribution < 1.29 is 4.79 Å². The molecule has 0 unspecified atom stereocenters. The average molecular weight is 351 g/mol. The van der Waals surface area contributed by atoms with Crippen LogP contribution in [0.1, 0.15) is 15.9 Å². The lowest BCUT2D eigenvalue weighted by molar-refractivity contribution is 0.102. The molecule has 0 spiro atoms. The highest BCUT2D eigenvalue weighted by Gasteiger charge is 2.12. The van der Waals surface area contributed by atoms with Crippen molar-refractivity contribution in [3.8, 4) is 6.07 Å². The first kappa shape index (κ1) is 14.4. The van der Waals surface area contributed by atoms with Crippen LogP contribution in [0, 0.1) is 11.3 Å². The van der Waals surface area contributed by atoms with Gasteiger partial charge in [0.15, 0.2) is 0 Å². The standard InChI is InChI=1S/C14H9BrClN3O/c15-11-3-2-9(18)6-10(11)14(20)19-13-5-8(7-17)1-4-12(13)16/h1-6H,18H2,(H,19,20). The second-order valence-electron chi connectivity index (χ2n) is 4.00. The van der Waals surface area contributed by atoms with E-state index in [0.717, 1.165) is 0 Å². The Bertz CT molecular complexity index is 725. The van der Waals surface area contributed by atoms with E-state index in [1.54, 1.807) is 30.3 Å². The summed E-state index contributed by atoms with van der Waals surface area (Å²) in [5.41, 5.74) is 7.33. The van der Waals surface area contributed by atoms with Crippen molar-refractivity contribution in [1.82, 2.24) is 0 Å². The van der Waals surface area contributed by atoms with Gasteiger partial charge in [-0.2, -0.15) is 5.26 Å². The molecule has 100 valence electrons. The molecule has 1 amide bonds. The second-order valence-corrected chi connectivity index (χ2v) is 5.26. The number of anilines is 2. The Morgan fingerprint density at radius 3 is 2.75 bits per heavy atom. The summed E-state index contributed by atoms with van der Waals surface area (Å²) in [4.78, 5) is 12.2. The molecule has 0 fully saturated rings. The molecular formula is C14H9BrClN3O. The quantitative estimate of drug-likeness (QED) is 0.808. The molecule has 2 aromatic carbocycles. The van der Waals surface area contributed by atoms with Crippen LogP contribution in [0.4, 0.5) is 11.4 Å². The number of nitriles is 1. The van der Waals surface area contributed by atoms with Gasteiger partial charge in [0.2, 0.25) is 0 Å². The van der Waals surface area contributed by atoms with Gasteiger partial charge in [-0.25, -0.2) is 0 Å². The average Bonchev–Trinajstić information content (AvgIpc) is 2.43. The van der Waals surface area contributed by atoms with Gasteiger partial charge in [-0.15, -0.1) is 0 Å². The molecule has 0 saturated carbocycles. The van der Waals surface area contributed by atoms with Crippen molar-refractivity contribution in [2.24, 2.45) is 0 Å². The fourth-order valence-corrected chi connectivity index (χ4v) is 2.19. The first-order valence-electron chi connectivity index (χ1n) is 5.57. The zero-order chi connectivity index (χ0) is 14.7. The Balaban J connectivity index is 2.33. The molecule has 0 aliphatic carbocycles. The predicted molar refractivity (Wildman–Crippen MR) is 82.7 cm³/mol. The number of nitrogens with one attached hydrogen (secondary N) is 1. The minimum absolute atomic E-state index is 0.359. The van der Waals surface area contributed by atoms with Crippen LogP contribution >= 0.6 is 27.5 Å². The summed E-state index contributed by atoms with van der Waals surface area (Å²) < 4.78 is 0.622. The highest BCUT2D eigenvalue weighted by atomic mass is 79.9. The summed E-state index contributed by atoms with van der Waals surface area (Å²) in [5, 5.41) is 11.9. The Morgan fingerprint density at radius 1 is 1.30 bits per heavy atom. The largest absolute Gasteiger partial charge is 0.399 e. The van der Waals surface area contributed by atoms with Gasteiger partial charge in [-0.1, -0.05) is 11.6 Å².